The molecule has 1 N–H and O–H groups in total. The van der Waals surface area contributed by atoms with Crippen LogP contribution in [0.15, 0.2) is 47.5 Å². The summed E-state index contributed by atoms with van der Waals surface area (Å²) < 4.78 is 36.9. The highest BCUT2D eigenvalue weighted by molar-refractivity contribution is 8.15. The number of amides is 1. The van der Waals surface area contributed by atoms with Crippen LogP contribution in [0.3, 0.4) is 0 Å². The fourth-order valence-corrected chi connectivity index (χ4v) is 7.29. The number of aliphatic imine (C=N–C) groups is 1. The zero-order valence-corrected chi connectivity index (χ0v) is 18.3. The third kappa shape index (κ3) is 4.52. The lowest BCUT2D eigenvalue weighted by Gasteiger charge is -2.25. The van der Waals surface area contributed by atoms with Gasteiger partial charge in [0.15, 0.2) is 15.0 Å². The molecular formula is C21H22FN3O3S2. The summed E-state index contributed by atoms with van der Waals surface area (Å²) in [5, 5.41) is 3.31. The fourth-order valence-electron chi connectivity index (χ4n) is 3.51. The van der Waals surface area contributed by atoms with Crippen molar-refractivity contribution in [3.05, 3.63) is 59.4 Å². The maximum absolute atomic E-state index is 13.1. The molecule has 1 amide bonds. The van der Waals surface area contributed by atoms with Crippen LogP contribution in [0.2, 0.25) is 0 Å². The Morgan fingerprint density at radius 2 is 1.90 bits per heavy atom. The SMILES string of the molecule is Cc1ccc(N(CC(=O)Nc2ccc(F)cc2)C2=NC3CS(=O)(=O)CC3S2)cc1C. The lowest BCUT2D eigenvalue weighted by molar-refractivity contribution is -0.114. The average Bonchev–Trinajstić information content (AvgIpc) is 3.17. The first kappa shape index (κ1) is 20.9. The highest BCUT2D eigenvalue weighted by atomic mass is 32.2. The van der Waals surface area contributed by atoms with Gasteiger partial charge >= 0.3 is 0 Å². The van der Waals surface area contributed by atoms with Crippen molar-refractivity contribution < 1.29 is 17.6 Å². The van der Waals surface area contributed by atoms with Crippen LogP contribution in [-0.2, 0) is 14.6 Å². The molecule has 30 heavy (non-hydrogen) atoms. The molecule has 0 radical (unpaired) electrons. The monoisotopic (exact) mass is 447 g/mol. The summed E-state index contributed by atoms with van der Waals surface area (Å²) in [4.78, 5) is 19.2. The first-order chi connectivity index (χ1) is 14.2. The number of hydrogen-bond acceptors (Lipinski definition) is 6. The quantitative estimate of drug-likeness (QED) is 0.779. The Bertz CT molecular complexity index is 1120. The molecule has 2 atom stereocenters. The Hall–Kier alpha value is -2.39. The van der Waals surface area contributed by atoms with Gasteiger partial charge in [0.25, 0.3) is 0 Å². The number of halogens is 1. The molecule has 1 saturated heterocycles. The third-order valence-electron chi connectivity index (χ3n) is 5.27. The van der Waals surface area contributed by atoms with E-state index in [-0.39, 0.29) is 41.1 Å². The summed E-state index contributed by atoms with van der Waals surface area (Å²) in [6, 6.07) is 11.2. The maximum atomic E-state index is 13.1. The molecule has 0 saturated carbocycles. The summed E-state index contributed by atoms with van der Waals surface area (Å²) in [5.74, 6) is -0.482. The number of sulfone groups is 1. The number of fused-ring (bicyclic) bond motifs is 1. The highest BCUT2D eigenvalue weighted by Crippen LogP contribution is 2.37. The number of carbonyl (C=O) groups excluding carboxylic acids is 1. The summed E-state index contributed by atoms with van der Waals surface area (Å²) >= 11 is 1.41. The van der Waals surface area contributed by atoms with Gasteiger partial charge in [0, 0.05) is 16.6 Å². The van der Waals surface area contributed by atoms with Crippen molar-refractivity contribution in [1.82, 2.24) is 0 Å². The number of benzene rings is 2. The zero-order valence-electron chi connectivity index (χ0n) is 16.6. The summed E-state index contributed by atoms with van der Waals surface area (Å²) in [7, 11) is -3.06. The maximum Gasteiger partial charge on any atom is 0.244 e. The average molecular weight is 448 g/mol. The second-order valence-electron chi connectivity index (χ2n) is 7.62. The van der Waals surface area contributed by atoms with Gasteiger partial charge in [0.1, 0.15) is 12.4 Å². The van der Waals surface area contributed by atoms with E-state index in [1.165, 1.54) is 36.0 Å². The molecule has 158 valence electrons. The predicted molar refractivity (Wildman–Crippen MR) is 120 cm³/mol. The summed E-state index contributed by atoms with van der Waals surface area (Å²) in [6.07, 6.45) is 0. The van der Waals surface area contributed by atoms with Crippen LogP contribution in [0.4, 0.5) is 15.8 Å². The van der Waals surface area contributed by atoms with Crippen molar-refractivity contribution in [2.24, 2.45) is 4.99 Å². The molecule has 2 heterocycles. The van der Waals surface area contributed by atoms with Crippen molar-refractivity contribution in [3.8, 4) is 0 Å². The van der Waals surface area contributed by atoms with Gasteiger partial charge in [-0.05, 0) is 61.4 Å². The molecule has 2 aliphatic heterocycles. The molecule has 0 bridgehead atoms. The Morgan fingerprint density at radius 1 is 1.17 bits per heavy atom. The van der Waals surface area contributed by atoms with Crippen molar-refractivity contribution in [2.45, 2.75) is 25.1 Å². The second-order valence-corrected chi connectivity index (χ2v) is 11.0. The van der Waals surface area contributed by atoms with Crippen LogP contribution in [-0.4, -0.2) is 48.8 Å². The lowest BCUT2D eigenvalue weighted by Crippen LogP contribution is -2.36. The van der Waals surface area contributed by atoms with Crippen LogP contribution in [0.5, 0.6) is 0 Å². The van der Waals surface area contributed by atoms with Crippen LogP contribution < -0.4 is 10.2 Å². The predicted octanol–water partition coefficient (Wildman–Crippen LogP) is 3.16. The van der Waals surface area contributed by atoms with Gasteiger partial charge in [-0.25, -0.2) is 12.8 Å². The Balaban J connectivity index is 1.58. The molecule has 2 aromatic carbocycles. The first-order valence-corrected chi connectivity index (χ1v) is 12.3. The smallest absolute Gasteiger partial charge is 0.244 e. The number of anilines is 2. The van der Waals surface area contributed by atoms with Gasteiger partial charge in [-0.2, -0.15) is 0 Å². The van der Waals surface area contributed by atoms with Gasteiger partial charge in [-0.15, -0.1) is 0 Å². The second kappa shape index (κ2) is 8.03. The van der Waals surface area contributed by atoms with Crippen molar-refractivity contribution >= 4 is 44.0 Å². The molecule has 2 unspecified atom stereocenters. The number of rotatable bonds is 4. The molecular weight excluding hydrogens is 425 g/mol. The van der Waals surface area contributed by atoms with Gasteiger partial charge in [-0.1, -0.05) is 17.8 Å². The van der Waals surface area contributed by atoms with E-state index in [1.54, 1.807) is 0 Å². The minimum absolute atomic E-state index is 0.0118. The van der Waals surface area contributed by atoms with Crippen LogP contribution in [0.1, 0.15) is 11.1 Å². The largest absolute Gasteiger partial charge is 0.325 e. The summed E-state index contributed by atoms with van der Waals surface area (Å²) in [6.45, 7) is 4.03. The first-order valence-electron chi connectivity index (χ1n) is 9.55. The van der Waals surface area contributed by atoms with E-state index in [0.717, 1.165) is 16.8 Å². The van der Waals surface area contributed by atoms with Gasteiger partial charge in [-0.3, -0.25) is 9.79 Å². The molecule has 1 fully saturated rings. The molecule has 0 spiro atoms. The number of aryl methyl sites for hydroxylation is 2. The molecule has 9 heteroatoms. The van der Waals surface area contributed by atoms with Crippen LogP contribution in [0, 0.1) is 19.7 Å². The number of hydrogen-bond donors (Lipinski definition) is 1. The van der Waals surface area contributed by atoms with Crippen molar-refractivity contribution in [2.75, 3.05) is 28.3 Å². The molecule has 6 nitrogen and oxygen atoms in total. The Labute approximate surface area is 179 Å². The number of amidine groups is 1. The molecule has 4 rings (SSSR count). The van der Waals surface area contributed by atoms with Crippen molar-refractivity contribution in [3.63, 3.8) is 0 Å². The van der Waals surface area contributed by atoms with Gasteiger partial charge in [0.2, 0.25) is 5.91 Å². The van der Waals surface area contributed by atoms with E-state index >= 15 is 0 Å². The molecule has 0 aliphatic carbocycles. The third-order valence-corrected chi connectivity index (χ3v) is 8.52. The lowest BCUT2D eigenvalue weighted by atomic mass is 10.1. The normalized spacial score (nSPS) is 21.8. The van der Waals surface area contributed by atoms with E-state index in [2.05, 4.69) is 10.3 Å². The number of thioether (sulfide) groups is 1. The van der Waals surface area contributed by atoms with E-state index < -0.39 is 9.84 Å². The number of nitrogens with one attached hydrogen (secondary N) is 1. The van der Waals surface area contributed by atoms with E-state index in [9.17, 15) is 17.6 Å². The Kier molecular flexibility index (Phi) is 5.59. The van der Waals surface area contributed by atoms with Gasteiger partial charge in [0.05, 0.1) is 17.5 Å². The van der Waals surface area contributed by atoms with E-state index in [1.807, 2.05) is 36.9 Å². The van der Waals surface area contributed by atoms with Crippen LogP contribution in [0.25, 0.3) is 0 Å². The van der Waals surface area contributed by atoms with Gasteiger partial charge < -0.3 is 10.2 Å². The minimum atomic E-state index is -3.06. The van der Waals surface area contributed by atoms with Crippen LogP contribution >= 0.6 is 11.8 Å². The van der Waals surface area contributed by atoms with E-state index in [0.29, 0.717) is 10.9 Å². The number of nitrogens with zero attached hydrogens (tertiary/aromatic N) is 2. The minimum Gasteiger partial charge on any atom is -0.325 e. The molecule has 2 aliphatic rings. The fraction of sp³-hybridized carbons (Fsp3) is 0.333. The Morgan fingerprint density at radius 3 is 2.57 bits per heavy atom. The molecule has 0 aromatic heterocycles. The number of carbonyl (C=O) groups is 1. The van der Waals surface area contributed by atoms with Crippen molar-refractivity contribution in [1.29, 1.82) is 0 Å². The highest BCUT2D eigenvalue weighted by Gasteiger charge is 2.44. The van der Waals surface area contributed by atoms with E-state index in [4.69, 9.17) is 0 Å². The summed E-state index contributed by atoms with van der Waals surface area (Å²) in [5.41, 5.74) is 3.55. The molecule has 2 aromatic rings. The topological polar surface area (TPSA) is 78.8 Å². The zero-order chi connectivity index (χ0) is 21.5. The standard InChI is InChI=1S/C21H22FN3O3S2/c1-13-3-8-17(9-14(13)2)25(10-20(26)23-16-6-4-15(22)5-7-16)21-24-18-11-30(27,28)12-19(18)29-21/h3-9,18-19H,10-12H2,1-2H3,(H,23,26).